The van der Waals surface area contributed by atoms with Gasteiger partial charge in [0.05, 0.1) is 5.69 Å². The van der Waals surface area contributed by atoms with Crippen LogP contribution in [0.5, 0.6) is 0 Å². The van der Waals surface area contributed by atoms with E-state index in [1.807, 2.05) is 0 Å². The molecule has 1 heterocycles. The molecule has 3 rings (SSSR count). The zero-order chi connectivity index (χ0) is 17.3. The van der Waals surface area contributed by atoms with Gasteiger partial charge in [0, 0.05) is 4.47 Å². The Morgan fingerprint density at radius 3 is 2.50 bits per heavy atom. The average Bonchev–Trinajstić information content (AvgIpc) is 2.53. The molecule has 1 N–H and O–H groups in total. The second kappa shape index (κ2) is 6.37. The normalized spacial score (nSPS) is 16.5. The van der Waals surface area contributed by atoms with Gasteiger partial charge < -0.3 is 0 Å². The van der Waals surface area contributed by atoms with Gasteiger partial charge in [-0.1, -0.05) is 40.2 Å². The van der Waals surface area contributed by atoms with Gasteiger partial charge in [-0.25, -0.2) is 14.1 Å². The smallest absolute Gasteiger partial charge is 0.273 e. The van der Waals surface area contributed by atoms with E-state index >= 15 is 0 Å². The topological polar surface area (TPSA) is 66.5 Å². The van der Waals surface area contributed by atoms with Crippen LogP contribution in [0.25, 0.3) is 6.08 Å². The SMILES string of the molecule is O=C1NC(=O)N(c2cccc(F)c2)C(=O)/C1=C/c1ccccc1Br. The van der Waals surface area contributed by atoms with E-state index in [1.54, 1.807) is 24.3 Å². The van der Waals surface area contributed by atoms with Gasteiger partial charge in [0.1, 0.15) is 11.4 Å². The van der Waals surface area contributed by atoms with E-state index in [2.05, 4.69) is 21.2 Å². The number of benzene rings is 2. The van der Waals surface area contributed by atoms with E-state index in [0.29, 0.717) is 10.0 Å². The van der Waals surface area contributed by atoms with Crippen LogP contribution < -0.4 is 10.2 Å². The Morgan fingerprint density at radius 2 is 1.79 bits per heavy atom. The molecule has 1 aliphatic heterocycles. The number of imide groups is 2. The Labute approximate surface area is 144 Å². The van der Waals surface area contributed by atoms with Crippen molar-refractivity contribution >= 4 is 45.5 Å². The fourth-order valence-corrected chi connectivity index (χ4v) is 2.65. The van der Waals surface area contributed by atoms with Gasteiger partial charge >= 0.3 is 6.03 Å². The summed E-state index contributed by atoms with van der Waals surface area (Å²) in [5.41, 5.74) is 0.429. The maximum Gasteiger partial charge on any atom is 0.335 e. The number of carbonyl (C=O) groups is 3. The number of amides is 4. The molecule has 0 radical (unpaired) electrons. The lowest BCUT2D eigenvalue weighted by molar-refractivity contribution is -0.122. The highest BCUT2D eigenvalue weighted by atomic mass is 79.9. The molecule has 0 aliphatic carbocycles. The Balaban J connectivity index is 2.05. The predicted octanol–water partition coefficient (Wildman–Crippen LogP) is 3.25. The van der Waals surface area contributed by atoms with Crippen LogP contribution in [0.2, 0.25) is 0 Å². The summed E-state index contributed by atoms with van der Waals surface area (Å²) < 4.78 is 14.1. The van der Waals surface area contributed by atoms with Crippen LogP contribution in [0.15, 0.2) is 58.6 Å². The van der Waals surface area contributed by atoms with Crippen molar-refractivity contribution in [2.45, 2.75) is 0 Å². The first kappa shape index (κ1) is 16.1. The molecule has 0 saturated carbocycles. The molecule has 120 valence electrons. The molecule has 2 aromatic carbocycles. The van der Waals surface area contributed by atoms with Gasteiger partial charge in [0.25, 0.3) is 11.8 Å². The molecule has 4 amide bonds. The summed E-state index contributed by atoms with van der Waals surface area (Å²) in [5.74, 6) is -2.21. The minimum atomic E-state index is -0.917. The number of nitrogens with one attached hydrogen (secondary N) is 1. The van der Waals surface area contributed by atoms with Crippen molar-refractivity contribution in [2.75, 3.05) is 4.90 Å². The molecule has 0 bridgehead atoms. The van der Waals surface area contributed by atoms with Crippen LogP contribution in [-0.4, -0.2) is 17.8 Å². The number of halogens is 2. The number of rotatable bonds is 2. The molecule has 1 saturated heterocycles. The standard InChI is InChI=1S/C17H10BrFN2O3/c18-14-7-2-1-4-10(14)8-13-15(22)20-17(24)21(16(13)23)12-6-3-5-11(19)9-12/h1-9H,(H,20,22,24)/b13-8+. The maximum atomic E-state index is 13.4. The monoisotopic (exact) mass is 388 g/mol. The van der Waals surface area contributed by atoms with E-state index < -0.39 is 23.7 Å². The summed E-state index contributed by atoms with van der Waals surface area (Å²) >= 11 is 3.33. The lowest BCUT2D eigenvalue weighted by Gasteiger charge is -2.26. The molecule has 1 aliphatic rings. The summed E-state index contributed by atoms with van der Waals surface area (Å²) in [6.07, 6.45) is 1.38. The van der Waals surface area contributed by atoms with Gasteiger partial charge in [-0.05, 0) is 35.9 Å². The van der Waals surface area contributed by atoms with Gasteiger partial charge in [0.15, 0.2) is 0 Å². The lowest BCUT2D eigenvalue weighted by atomic mass is 10.1. The highest BCUT2D eigenvalue weighted by molar-refractivity contribution is 9.10. The number of urea groups is 1. The number of hydrogen-bond donors (Lipinski definition) is 1. The molecule has 1 fully saturated rings. The second-order valence-electron chi connectivity index (χ2n) is 4.96. The Morgan fingerprint density at radius 1 is 1.04 bits per heavy atom. The number of carbonyl (C=O) groups excluding carboxylic acids is 3. The van der Waals surface area contributed by atoms with Gasteiger partial charge in [0.2, 0.25) is 0 Å². The summed E-state index contributed by atoms with van der Waals surface area (Å²) in [6, 6.07) is 11.1. The summed E-state index contributed by atoms with van der Waals surface area (Å²) in [7, 11) is 0. The van der Waals surface area contributed by atoms with Crippen molar-refractivity contribution in [2.24, 2.45) is 0 Å². The predicted molar refractivity (Wildman–Crippen MR) is 89.5 cm³/mol. The number of anilines is 1. The average molecular weight is 389 g/mol. The van der Waals surface area contributed by atoms with Crippen LogP contribution in [-0.2, 0) is 9.59 Å². The van der Waals surface area contributed by atoms with Gasteiger partial charge in [-0.15, -0.1) is 0 Å². The molecular weight excluding hydrogens is 379 g/mol. The molecule has 0 unspecified atom stereocenters. The first-order valence-electron chi connectivity index (χ1n) is 6.89. The van der Waals surface area contributed by atoms with Crippen molar-refractivity contribution in [1.29, 1.82) is 0 Å². The first-order chi connectivity index (χ1) is 11.5. The molecule has 0 spiro atoms. The Bertz CT molecular complexity index is 895. The summed E-state index contributed by atoms with van der Waals surface area (Å²) in [6.45, 7) is 0. The second-order valence-corrected chi connectivity index (χ2v) is 5.81. The largest absolute Gasteiger partial charge is 0.335 e. The quantitative estimate of drug-likeness (QED) is 0.634. The van der Waals surface area contributed by atoms with E-state index in [4.69, 9.17) is 0 Å². The molecular formula is C17H10BrFN2O3. The Kier molecular flexibility index (Phi) is 4.26. The van der Waals surface area contributed by atoms with E-state index in [9.17, 15) is 18.8 Å². The number of nitrogens with zero attached hydrogens (tertiary/aromatic N) is 1. The number of hydrogen-bond acceptors (Lipinski definition) is 3. The van der Waals surface area contributed by atoms with Crippen LogP contribution in [0, 0.1) is 5.82 Å². The van der Waals surface area contributed by atoms with Crippen molar-refractivity contribution in [3.05, 3.63) is 70.0 Å². The fraction of sp³-hybridized carbons (Fsp3) is 0. The molecule has 2 aromatic rings. The summed E-state index contributed by atoms with van der Waals surface area (Å²) in [4.78, 5) is 37.4. The molecule has 0 aromatic heterocycles. The fourth-order valence-electron chi connectivity index (χ4n) is 2.25. The molecule has 24 heavy (non-hydrogen) atoms. The van der Waals surface area contributed by atoms with Crippen LogP contribution in [0.1, 0.15) is 5.56 Å². The summed E-state index contributed by atoms with van der Waals surface area (Å²) in [5, 5.41) is 2.09. The maximum absolute atomic E-state index is 13.4. The van der Waals surface area contributed by atoms with Crippen LogP contribution in [0.4, 0.5) is 14.9 Å². The van der Waals surface area contributed by atoms with E-state index in [1.165, 1.54) is 24.3 Å². The molecule has 5 nitrogen and oxygen atoms in total. The zero-order valence-corrected chi connectivity index (χ0v) is 13.7. The molecule has 0 atom stereocenters. The first-order valence-corrected chi connectivity index (χ1v) is 7.68. The van der Waals surface area contributed by atoms with Crippen LogP contribution in [0.3, 0.4) is 0 Å². The van der Waals surface area contributed by atoms with Crippen LogP contribution >= 0.6 is 15.9 Å². The Hall–Kier alpha value is -2.80. The minimum Gasteiger partial charge on any atom is -0.273 e. The zero-order valence-electron chi connectivity index (χ0n) is 12.1. The third kappa shape index (κ3) is 2.98. The van der Waals surface area contributed by atoms with Crippen molar-refractivity contribution < 1.29 is 18.8 Å². The van der Waals surface area contributed by atoms with Crippen molar-refractivity contribution in [1.82, 2.24) is 5.32 Å². The van der Waals surface area contributed by atoms with Crippen molar-refractivity contribution in [3.63, 3.8) is 0 Å². The molecule has 7 heteroatoms. The highest BCUT2D eigenvalue weighted by Gasteiger charge is 2.36. The lowest BCUT2D eigenvalue weighted by Crippen LogP contribution is -2.54. The van der Waals surface area contributed by atoms with E-state index in [0.717, 1.165) is 11.0 Å². The third-order valence-corrected chi connectivity index (χ3v) is 4.10. The third-order valence-electron chi connectivity index (χ3n) is 3.37. The van der Waals surface area contributed by atoms with Gasteiger partial charge in [-0.3, -0.25) is 14.9 Å². The minimum absolute atomic E-state index is 0.0445. The number of barbiturate groups is 1. The highest BCUT2D eigenvalue weighted by Crippen LogP contribution is 2.24. The van der Waals surface area contributed by atoms with Gasteiger partial charge in [-0.2, -0.15) is 0 Å². The van der Waals surface area contributed by atoms with E-state index in [-0.39, 0.29) is 11.3 Å². The van der Waals surface area contributed by atoms with Crippen molar-refractivity contribution in [3.8, 4) is 0 Å².